The molecule has 1 amide bonds. The number of anilines is 1. The van der Waals surface area contributed by atoms with E-state index in [0.717, 1.165) is 25.8 Å². The lowest BCUT2D eigenvalue weighted by Crippen LogP contribution is -2.47. The Labute approximate surface area is 133 Å². The van der Waals surface area contributed by atoms with Crippen LogP contribution in [0.4, 0.5) is 10.5 Å². The Bertz CT molecular complexity index is 508. The third-order valence-electron chi connectivity index (χ3n) is 3.83. The van der Waals surface area contributed by atoms with E-state index in [1.807, 2.05) is 25.7 Å². The van der Waals surface area contributed by atoms with Crippen LogP contribution in [0.1, 0.15) is 46.1 Å². The molecule has 1 aliphatic heterocycles. The molecule has 1 heterocycles. The van der Waals surface area contributed by atoms with Gasteiger partial charge in [0.25, 0.3) is 0 Å². The van der Waals surface area contributed by atoms with Crippen LogP contribution in [-0.2, 0) is 11.2 Å². The summed E-state index contributed by atoms with van der Waals surface area (Å²) in [6, 6.07) is 8.67. The summed E-state index contributed by atoms with van der Waals surface area (Å²) in [5, 5.41) is 3.60. The molecule has 22 heavy (non-hydrogen) atoms. The molecule has 0 radical (unpaired) electrons. The molecule has 0 aliphatic carbocycles. The van der Waals surface area contributed by atoms with Crippen LogP contribution < -0.4 is 5.32 Å². The summed E-state index contributed by atoms with van der Waals surface area (Å²) in [5.74, 6) is 0. The van der Waals surface area contributed by atoms with Crippen molar-refractivity contribution in [3.8, 4) is 0 Å². The molecule has 1 saturated heterocycles. The molecule has 0 aromatic heterocycles. The van der Waals surface area contributed by atoms with Gasteiger partial charge in [-0.05, 0) is 51.7 Å². The number of benzene rings is 1. The summed E-state index contributed by atoms with van der Waals surface area (Å²) in [4.78, 5) is 14.0. The smallest absolute Gasteiger partial charge is 0.410 e. The Balaban J connectivity index is 1.97. The number of aryl methyl sites for hydroxylation is 1. The van der Waals surface area contributed by atoms with Gasteiger partial charge >= 0.3 is 6.09 Å². The minimum atomic E-state index is -0.438. The average molecular weight is 304 g/mol. The number of likely N-dealkylation sites (tertiary alicyclic amines) is 1. The van der Waals surface area contributed by atoms with Gasteiger partial charge in [0, 0.05) is 24.8 Å². The second kappa shape index (κ2) is 7.03. The van der Waals surface area contributed by atoms with E-state index in [9.17, 15) is 4.79 Å². The molecule has 1 aliphatic rings. The Morgan fingerprint density at radius 3 is 2.77 bits per heavy atom. The van der Waals surface area contributed by atoms with Gasteiger partial charge < -0.3 is 15.0 Å². The number of piperidine rings is 1. The van der Waals surface area contributed by atoms with Crippen LogP contribution in [0.5, 0.6) is 0 Å². The van der Waals surface area contributed by atoms with E-state index in [2.05, 4.69) is 36.5 Å². The number of hydrogen-bond acceptors (Lipinski definition) is 3. The number of rotatable bonds is 3. The monoisotopic (exact) mass is 304 g/mol. The number of para-hydroxylation sites is 1. The maximum absolute atomic E-state index is 12.2. The molecule has 0 spiro atoms. The van der Waals surface area contributed by atoms with Gasteiger partial charge in [0.15, 0.2) is 0 Å². The fraction of sp³-hybridized carbons (Fsp3) is 0.611. The molecule has 0 bridgehead atoms. The van der Waals surface area contributed by atoms with Crippen molar-refractivity contribution in [3.05, 3.63) is 29.8 Å². The van der Waals surface area contributed by atoms with E-state index in [-0.39, 0.29) is 12.1 Å². The highest BCUT2D eigenvalue weighted by atomic mass is 16.6. The zero-order chi connectivity index (χ0) is 16.2. The summed E-state index contributed by atoms with van der Waals surface area (Å²) in [5.41, 5.74) is 2.06. The van der Waals surface area contributed by atoms with Crippen LogP contribution in [0.25, 0.3) is 0 Å². The van der Waals surface area contributed by atoms with Crippen molar-refractivity contribution in [2.24, 2.45) is 0 Å². The fourth-order valence-electron chi connectivity index (χ4n) is 2.78. The van der Waals surface area contributed by atoms with Crippen LogP contribution in [0.3, 0.4) is 0 Å². The second-order valence-corrected chi connectivity index (χ2v) is 6.92. The number of hydrogen-bond donors (Lipinski definition) is 1. The van der Waals surface area contributed by atoms with Crippen molar-refractivity contribution in [2.75, 3.05) is 18.4 Å². The highest BCUT2D eigenvalue weighted by molar-refractivity contribution is 5.68. The van der Waals surface area contributed by atoms with Crippen molar-refractivity contribution in [2.45, 2.75) is 58.6 Å². The molecule has 122 valence electrons. The quantitative estimate of drug-likeness (QED) is 0.915. The molecule has 1 fully saturated rings. The fourth-order valence-corrected chi connectivity index (χ4v) is 2.78. The molecule has 1 N–H and O–H groups in total. The first-order valence-corrected chi connectivity index (χ1v) is 8.21. The average Bonchev–Trinajstić information content (AvgIpc) is 2.46. The predicted octanol–water partition coefficient (Wildman–Crippen LogP) is 4.06. The van der Waals surface area contributed by atoms with Gasteiger partial charge in [0.05, 0.1) is 0 Å². The Morgan fingerprint density at radius 1 is 1.36 bits per heavy atom. The lowest BCUT2D eigenvalue weighted by molar-refractivity contribution is 0.0206. The molecule has 4 nitrogen and oxygen atoms in total. The Kier molecular flexibility index (Phi) is 5.33. The highest BCUT2D eigenvalue weighted by Gasteiger charge is 2.27. The number of carbonyl (C=O) groups is 1. The van der Waals surface area contributed by atoms with Crippen LogP contribution in [-0.4, -0.2) is 35.7 Å². The van der Waals surface area contributed by atoms with E-state index in [4.69, 9.17) is 4.74 Å². The van der Waals surface area contributed by atoms with Crippen LogP contribution in [0.2, 0.25) is 0 Å². The van der Waals surface area contributed by atoms with Crippen molar-refractivity contribution < 1.29 is 9.53 Å². The SMILES string of the molecule is CCc1ccccc1NC1CCCN(C(=O)OC(C)(C)C)C1. The number of ether oxygens (including phenoxy) is 1. The maximum Gasteiger partial charge on any atom is 0.410 e. The van der Waals surface area contributed by atoms with Gasteiger partial charge in [-0.1, -0.05) is 25.1 Å². The van der Waals surface area contributed by atoms with Crippen molar-refractivity contribution in [1.82, 2.24) is 4.90 Å². The Morgan fingerprint density at radius 2 is 2.09 bits per heavy atom. The Hall–Kier alpha value is -1.71. The first-order valence-electron chi connectivity index (χ1n) is 8.21. The van der Waals surface area contributed by atoms with E-state index in [1.54, 1.807) is 0 Å². The second-order valence-electron chi connectivity index (χ2n) is 6.92. The molecule has 1 aromatic carbocycles. The van der Waals surface area contributed by atoms with Gasteiger partial charge in [-0.3, -0.25) is 0 Å². The minimum absolute atomic E-state index is 0.206. The van der Waals surface area contributed by atoms with Gasteiger partial charge in [-0.2, -0.15) is 0 Å². The highest BCUT2D eigenvalue weighted by Crippen LogP contribution is 2.21. The van der Waals surface area contributed by atoms with Crippen molar-refractivity contribution >= 4 is 11.8 Å². The van der Waals surface area contributed by atoms with Crippen molar-refractivity contribution in [1.29, 1.82) is 0 Å². The zero-order valence-corrected chi connectivity index (χ0v) is 14.2. The minimum Gasteiger partial charge on any atom is -0.444 e. The number of nitrogens with zero attached hydrogens (tertiary/aromatic N) is 1. The van der Waals surface area contributed by atoms with Crippen LogP contribution in [0, 0.1) is 0 Å². The first-order chi connectivity index (χ1) is 10.4. The zero-order valence-electron chi connectivity index (χ0n) is 14.2. The molecule has 0 saturated carbocycles. The van der Waals surface area contributed by atoms with Crippen molar-refractivity contribution in [3.63, 3.8) is 0 Å². The molecule has 1 atom stereocenters. The van der Waals surface area contributed by atoms with E-state index < -0.39 is 5.60 Å². The maximum atomic E-state index is 12.2. The molecular weight excluding hydrogens is 276 g/mol. The summed E-state index contributed by atoms with van der Waals surface area (Å²) < 4.78 is 5.48. The van der Waals surface area contributed by atoms with Crippen LogP contribution >= 0.6 is 0 Å². The summed E-state index contributed by atoms with van der Waals surface area (Å²) in [7, 11) is 0. The number of carbonyl (C=O) groups excluding carboxylic acids is 1. The third kappa shape index (κ3) is 4.65. The molecule has 2 rings (SSSR count). The largest absolute Gasteiger partial charge is 0.444 e. The van der Waals surface area contributed by atoms with Gasteiger partial charge in [-0.25, -0.2) is 4.79 Å². The predicted molar refractivity (Wildman–Crippen MR) is 90.3 cm³/mol. The molecule has 4 heteroatoms. The van der Waals surface area contributed by atoms with E-state index >= 15 is 0 Å². The van der Waals surface area contributed by atoms with Gasteiger partial charge in [0.2, 0.25) is 0 Å². The molecular formula is C18H28N2O2. The van der Waals surface area contributed by atoms with E-state index in [1.165, 1.54) is 11.3 Å². The summed E-state index contributed by atoms with van der Waals surface area (Å²) in [6.07, 6.45) is 2.89. The van der Waals surface area contributed by atoms with Crippen LogP contribution in [0.15, 0.2) is 24.3 Å². The molecule has 1 aromatic rings. The first kappa shape index (κ1) is 16.7. The summed E-state index contributed by atoms with van der Waals surface area (Å²) in [6.45, 7) is 9.36. The lowest BCUT2D eigenvalue weighted by atomic mass is 10.0. The third-order valence-corrected chi connectivity index (χ3v) is 3.83. The van der Waals surface area contributed by atoms with E-state index in [0.29, 0.717) is 6.54 Å². The lowest BCUT2D eigenvalue weighted by Gasteiger charge is -2.35. The topological polar surface area (TPSA) is 41.6 Å². The van der Waals surface area contributed by atoms with Gasteiger partial charge in [0.1, 0.15) is 5.60 Å². The normalized spacial score (nSPS) is 18.9. The summed E-state index contributed by atoms with van der Waals surface area (Å²) >= 11 is 0. The van der Waals surface area contributed by atoms with Gasteiger partial charge in [-0.15, -0.1) is 0 Å². The number of amides is 1. The standard InChI is InChI=1S/C18H28N2O2/c1-5-14-9-6-7-11-16(14)19-15-10-8-12-20(13-15)17(21)22-18(2,3)4/h6-7,9,11,15,19H,5,8,10,12-13H2,1-4H3. The number of nitrogens with one attached hydrogen (secondary N) is 1. The molecule has 1 unspecified atom stereocenters.